The van der Waals surface area contributed by atoms with Crippen molar-refractivity contribution in [2.75, 3.05) is 11.9 Å². The van der Waals surface area contributed by atoms with Crippen LogP contribution in [0.3, 0.4) is 0 Å². The number of halogens is 1. The van der Waals surface area contributed by atoms with Gasteiger partial charge in [-0.2, -0.15) is 0 Å². The number of nitrogens with one attached hydrogen (secondary N) is 1. The van der Waals surface area contributed by atoms with Crippen molar-refractivity contribution in [3.05, 3.63) is 44.5 Å². The summed E-state index contributed by atoms with van der Waals surface area (Å²) in [6, 6.07) is 7.28. The van der Waals surface area contributed by atoms with Gasteiger partial charge >= 0.3 is 5.69 Å². The summed E-state index contributed by atoms with van der Waals surface area (Å²) in [4.78, 5) is 19.4. The maximum absolute atomic E-state index is 11.3. The van der Waals surface area contributed by atoms with Crippen LogP contribution in [0.15, 0.2) is 28.7 Å². The van der Waals surface area contributed by atoms with Crippen LogP contribution in [0.5, 0.6) is 0 Å². The number of nitrogens with zero attached hydrogens (tertiary/aromatic N) is 3. The van der Waals surface area contributed by atoms with Gasteiger partial charge in [0.1, 0.15) is 5.69 Å². The van der Waals surface area contributed by atoms with Gasteiger partial charge in [-0.3, -0.25) is 10.1 Å². The topological polar surface area (TPSA) is 81.0 Å². The number of rotatable bonds is 5. The first-order valence-corrected chi connectivity index (χ1v) is 7.35. The Hall–Kier alpha value is -2.02. The second-order valence-corrected chi connectivity index (χ2v) is 5.44. The first-order chi connectivity index (χ1) is 10.0. The lowest BCUT2D eigenvalue weighted by atomic mass is 10.1. The Morgan fingerprint density at radius 2 is 2.14 bits per heavy atom. The number of aromatic nitrogens is 2. The smallest absolute Gasteiger partial charge is 0.316 e. The van der Waals surface area contributed by atoms with E-state index in [1.54, 1.807) is 19.1 Å². The van der Waals surface area contributed by atoms with Gasteiger partial charge in [0.05, 0.1) is 4.92 Å². The molecule has 0 atom stereocenters. The molecule has 0 saturated carbocycles. The highest BCUT2D eigenvalue weighted by Gasteiger charge is 2.23. The summed E-state index contributed by atoms with van der Waals surface area (Å²) in [5.74, 6) is 0.412. The summed E-state index contributed by atoms with van der Waals surface area (Å²) >= 11 is 3.37. The van der Waals surface area contributed by atoms with E-state index in [-0.39, 0.29) is 5.69 Å². The van der Waals surface area contributed by atoms with Crippen LogP contribution >= 0.6 is 15.9 Å². The van der Waals surface area contributed by atoms with Crippen molar-refractivity contribution in [3.63, 3.8) is 0 Å². The van der Waals surface area contributed by atoms with Crippen molar-refractivity contribution in [2.45, 2.75) is 20.3 Å². The fraction of sp³-hybridized carbons (Fsp3) is 0.286. The lowest BCUT2D eigenvalue weighted by molar-refractivity contribution is -0.385. The highest BCUT2D eigenvalue weighted by Crippen LogP contribution is 2.32. The summed E-state index contributed by atoms with van der Waals surface area (Å²) in [6.45, 7) is 4.37. The van der Waals surface area contributed by atoms with Gasteiger partial charge in [0.15, 0.2) is 5.69 Å². The molecule has 0 amide bonds. The molecule has 0 aliphatic heterocycles. The fourth-order valence-corrected chi connectivity index (χ4v) is 2.34. The third kappa shape index (κ3) is 3.55. The largest absolute Gasteiger partial charge is 0.354 e. The van der Waals surface area contributed by atoms with Crippen LogP contribution in [0.4, 0.5) is 11.6 Å². The predicted molar refractivity (Wildman–Crippen MR) is 85.3 cm³/mol. The van der Waals surface area contributed by atoms with Crippen molar-refractivity contribution in [1.82, 2.24) is 9.97 Å². The highest BCUT2D eigenvalue weighted by atomic mass is 79.9. The van der Waals surface area contributed by atoms with Crippen LogP contribution in [-0.4, -0.2) is 21.4 Å². The summed E-state index contributed by atoms with van der Waals surface area (Å²) in [5, 5.41) is 14.4. The standard InChI is InChI=1S/C14H15BrN4O2/c1-3-7-16-14-17-9(2)13(19(20)21)12(18-14)10-5-4-6-11(15)8-10/h4-6,8H,3,7H2,1-2H3,(H,16,17,18). The van der Waals surface area contributed by atoms with E-state index in [9.17, 15) is 10.1 Å². The van der Waals surface area contributed by atoms with Crippen molar-refractivity contribution in [2.24, 2.45) is 0 Å². The maximum Gasteiger partial charge on any atom is 0.316 e. The minimum Gasteiger partial charge on any atom is -0.354 e. The highest BCUT2D eigenvalue weighted by molar-refractivity contribution is 9.10. The molecular formula is C14H15BrN4O2. The summed E-state index contributed by atoms with van der Waals surface area (Å²) in [7, 11) is 0. The molecule has 1 heterocycles. The van der Waals surface area contributed by atoms with Crippen LogP contribution < -0.4 is 5.32 Å². The Balaban J connectivity index is 2.59. The molecule has 1 N–H and O–H groups in total. The zero-order valence-electron chi connectivity index (χ0n) is 11.8. The van der Waals surface area contributed by atoms with E-state index < -0.39 is 4.92 Å². The van der Waals surface area contributed by atoms with Gasteiger partial charge in [-0.15, -0.1) is 0 Å². The van der Waals surface area contributed by atoms with E-state index in [1.807, 2.05) is 19.1 Å². The minimum atomic E-state index is -0.435. The van der Waals surface area contributed by atoms with E-state index in [1.165, 1.54) is 0 Å². The van der Waals surface area contributed by atoms with Crippen molar-refractivity contribution in [1.29, 1.82) is 0 Å². The summed E-state index contributed by atoms with van der Waals surface area (Å²) < 4.78 is 0.841. The van der Waals surface area contributed by atoms with E-state index >= 15 is 0 Å². The Bertz CT molecular complexity index is 676. The first kappa shape index (κ1) is 15.4. The van der Waals surface area contributed by atoms with Crippen molar-refractivity contribution < 1.29 is 4.92 Å². The van der Waals surface area contributed by atoms with Crippen LogP contribution in [-0.2, 0) is 0 Å². The molecule has 2 aromatic rings. The molecule has 0 fully saturated rings. The number of hydrogen-bond donors (Lipinski definition) is 1. The molecule has 2 rings (SSSR count). The molecule has 21 heavy (non-hydrogen) atoms. The molecule has 1 aromatic heterocycles. The molecule has 7 heteroatoms. The quantitative estimate of drug-likeness (QED) is 0.652. The van der Waals surface area contributed by atoms with Crippen LogP contribution in [0, 0.1) is 17.0 Å². The number of anilines is 1. The van der Waals surface area contributed by atoms with Crippen LogP contribution in [0.2, 0.25) is 0 Å². The van der Waals surface area contributed by atoms with Gasteiger partial charge in [-0.25, -0.2) is 9.97 Å². The maximum atomic E-state index is 11.3. The average Bonchev–Trinajstić information content (AvgIpc) is 2.44. The van der Waals surface area contributed by atoms with Gasteiger partial charge < -0.3 is 5.32 Å². The number of hydrogen-bond acceptors (Lipinski definition) is 5. The zero-order valence-corrected chi connectivity index (χ0v) is 13.3. The minimum absolute atomic E-state index is 0.0600. The van der Waals surface area contributed by atoms with Gasteiger partial charge in [-0.05, 0) is 25.5 Å². The van der Waals surface area contributed by atoms with E-state index in [4.69, 9.17) is 0 Å². The van der Waals surface area contributed by atoms with Gasteiger partial charge in [0.2, 0.25) is 5.95 Å². The molecule has 110 valence electrons. The SMILES string of the molecule is CCCNc1nc(C)c([N+](=O)[O-])c(-c2cccc(Br)c2)n1. The Morgan fingerprint density at radius 1 is 1.38 bits per heavy atom. The van der Waals surface area contributed by atoms with Gasteiger partial charge in [0.25, 0.3) is 0 Å². The zero-order chi connectivity index (χ0) is 15.4. The van der Waals surface area contributed by atoms with E-state index in [2.05, 4.69) is 31.2 Å². The Kier molecular flexibility index (Phi) is 4.85. The van der Waals surface area contributed by atoms with E-state index in [0.717, 1.165) is 17.4 Å². The molecule has 0 aliphatic carbocycles. The summed E-state index contributed by atoms with van der Waals surface area (Å²) in [6.07, 6.45) is 0.922. The molecule has 1 aromatic carbocycles. The average molecular weight is 351 g/mol. The molecular weight excluding hydrogens is 336 g/mol. The second kappa shape index (κ2) is 6.62. The monoisotopic (exact) mass is 350 g/mol. The molecule has 0 saturated heterocycles. The first-order valence-electron chi connectivity index (χ1n) is 6.55. The predicted octanol–water partition coefficient (Wildman–Crippen LogP) is 3.94. The normalized spacial score (nSPS) is 10.4. The molecule has 6 nitrogen and oxygen atoms in total. The molecule has 0 bridgehead atoms. The lowest BCUT2D eigenvalue weighted by Gasteiger charge is -2.09. The molecule has 0 unspecified atom stereocenters. The molecule has 0 aliphatic rings. The fourth-order valence-electron chi connectivity index (χ4n) is 1.94. The van der Waals surface area contributed by atoms with Crippen molar-refractivity contribution in [3.8, 4) is 11.3 Å². The van der Waals surface area contributed by atoms with Crippen LogP contribution in [0.25, 0.3) is 11.3 Å². The van der Waals surface area contributed by atoms with Gasteiger partial charge in [0, 0.05) is 16.6 Å². The number of nitro groups is 1. The van der Waals surface area contributed by atoms with Crippen LogP contribution in [0.1, 0.15) is 19.0 Å². The Morgan fingerprint density at radius 3 is 2.76 bits per heavy atom. The second-order valence-electron chi connectivity index (χ2n) is 4.52. The molecule has 0 radical (unpaired) electrons. The van der Waals surface area contributed by atoms with Gasteiger partial charge in [-0.1, -0.05) is 35.0 Å². The summed E-state index contributed by atoms with van der Waals surface area (Å²) in [5.41, 5.74) is 1.30. The Labute approximate surface area is 130 Å². The number of benzene rings is 1. The van der Waals surface area contributed by atoms with Crippen molar-refractivity contribution >= 4 is 27.6 Å². The lowest BCUT2D eigenvalue weighted by Crippen LogP contribution is -2.08. The van der Waals surface area contributed by atoms with E-state index in [0.29, 0.717) is 22.9 Å². The third-order valence-electron chi connectivity index (χ3n) is 2.87. The third-order valence-corrected chi connectivity index (χ3v) is 3.37. The molecule has 0 spiro atoms. The number of aryl methyl sites for hydroxylation is 1.